The number of nitrogens with two attached hydrogens (primary N) is 1. The lowest BCUT2D eigenvalue weighted by Gasteiger charge is -2.20. The van der Waals surface area contributed by atoms with Crippen molar-refractivity contribution in [2.45, 2.75) is 0 Å². The van der Waals surface area contributed by atoms with Gasteiger partial charge in [0.1, 0.15) is 5.56 Å². The maximum Gasteiger partial charge on any atom is 0.282 e. The number of nitro benzene ring substituents is 1. The Labute approximate surface area is 153 Å². The molecule has 0 bridgehead atoms. The molecule has 0 saturated heterocycles. The standard InChI is InChI=1S/C18H15N3O6/c1-27-7-6-20-18(24)11-8-12(21(25)26)13-14(15(11)19)17(23)10-5-3-2-4-9(10)16(13)22/h2-5,8H,6-7,19H2,1H3,(H,20,24). The maximum absolute atomic E-state index is 12.9. The first-order valence-electron chi connectivity index (χ1n) is 7.94. The second kappa shape index (κ2) is 6.96. The van der Waals surface area contributed by atoms with E-state index in [1.165, 1.54) is 19.2 Å². The minimum atomic E-state index is -0.802. The van der Waals surface area contributed by atoms with Gasteiger partial charge in [-0.3, -0.25) is 24.5 Å². The van der Waals surface area contributed by atoms with Gasteiger partial charge in [0.15, 0.2) is 5.78 Å². The number of carbonyl (C=O) groups excluding carboxylic acids is 3. The van der Waals surface area contributed by atoms with E-state index in [2.05, 4.69) is 5.32 Å². The van der Waals surface area contributed by atoms with Crippen LogP contribution in [0.25, 0.3) is 0 Å². The highest BCUT2D eigenvalue weighted by Gasteiger charge is 2.39. The number of benzene rings is 2. The molecule has 0 aromatic heterocycles. The van der Waals surface area contributed by atoms with E-state index in [9.17, 15) is 24.5 Å². The Kier molecular flexibility index (Phi) is 4.70. The lowest BCUT2D eigenvalue weighted by molar-refractivity contribution is -0.385. The van der Waals surface area contributed by atoms with Crippen LogP contribution in [0.5, 0.6) is 0 Å². The van der Waals surface area contributed by atoms with Crippen molar-refractivity contribution in [1.82, 2.24) is 5.32 Å². The first-order valence-corrected chi connectivity index (χ1v) is 7.94. The topological polar surface area (TPSA) is 142 Å². The van der Waals surface area contributed by atoms with Crippen LogP contribution < -0.4 is 11.1 Å². The SMILES string of the molecule is COCCNC(=O)c1cc([N+](=O)[O-])c2c(c1N)C(=O)c1ccccc1C2=O. The number of ether oxygens (including phenoxy) is 1. The molecule has 1 amide bonds. The van der Waals surface area contributed by atoms with Gasteiger partial charge >= 0.3 is 0 Å². The van der Waals surface area contributed by atoms with Gasteiger partial charge in [0.05, 0.1) is 28.3 Å². The summed E-state index contributed by atoms with van der Waals surface area (Å²) in [5.74, 6) is -2.01. The zero-order valence-electron chi connectivity index (χ0n) is 14.3. The molecule has 0 atom stereocenters. The van der Waals surface area contributed by atoms with Crippen LogP contribution in [0.4, 0.5) is 11.4 Å². The second-order valence-electron chi connectivity index (χ2n) is 5.82. The van der Waals surface area contributed by atoms with Crippen LogP contribution in [0.1, 0.15) is 42.2 Å². The van der Waals surface area contributed by atoms with Crippen molar-refractivity contribution in [2.24, 2.45) is 0 Å². The van der Waals surface area contributed by atoms with Crippen molar-refractivity contribution in [1.29, 1.82) is 0 Å². The van der Waals surface area contributed by atoms with Gasteiger partial charge in [-0.05, 0) is 0 Å². The van der Waals surface area contributed by atoms with E-state index in [1.54, 1.807) is 12.1 Å². The Morgan fingerprint density at radius 1 is 1.19 bits per heavy atom. The van der Waals surface area contributed by atoms with Gasteiger partial charge in [-0.25, -0.2) is 0 Å². The molecular formula is C18H15N3O6. The van der Waals surface area contributed by atoms with Gasteiger partial charge in [-0.1, -0.05) is 24.3 Å². The van der Waals surface area contributed by atoms with E-state index >= 15 is 0 Å². The fraction of sp³-hybridized carbons (Fsp3) is 0.167. The molecular weight excluding hydrogens is 354 g/mol. The first kappa shape index (κ1) is 18.2. The Morgan fingerprint density at radius 2 is 1.78 bits per heavy atom. The van der Waals surface area contributed by atoms with Crippen molar-refractivity contribution in [2.75, 3.05) is 26.0 Å². The molecule has 0 aliphatic heterocycles. The third-order valence-electron chi connectivity index (χ3n) is 4.25. The number of nitrogens with one attached hydrogen (secondary N) is 1. The average Bonchev–Trinajstić information content (AvgIpc) is 2.65. The summed E-state index contributed by atoms with van der Waals surface area (Å²) >= 11 is 0. The number of hydrogen-bond acceptors (Lipinski definition) is 7. The number of amides is 1. The van der Waals surface area contributed by atoms with Crippen LogP contribution in [0.2, 0.25) is 0 Å². The molecule has 9 heteroatoms. The molecule has 3 rings (SSSR count). The van der Waals surface area contributed by atoms with E-state index in [4.69, 9.17) is 10.5 Å². The number of nitrogen functional groups attached to an aromatic ring is 1. The minimum absolute atomic E-state index is 0.0646. The van der Waals surface area contributed by atoms with Crippen LogP contribution in [-0.2, 0) is 4.74 Å². The molecule has 0 saturated carbocycles. The van der Waals surface area contributed by atoms with Crippen LogP contribution in [0.3, 0.4) is 0 Å². The van der Waals surface area contributed by atoms with Gasteiger partial charge in [-0.15, -0.1) is 0 Å². The number of hydrogen-bond donors (Lipinski definition) is 2. The molecule has 9 nitrogen and oxygen atoms in total. The number of rotatable bonds is 5. The Hall–Kier alpha value is -3.59. The number of methoxy groups -OCH3 is 1. The van der Waals surface area contributed by atoms with Gasteiger partial charge in [0, 0.05) is 30.8 Å². The van der Waals surface area contributed by atoms with Crippen LogP contribution in [0.15, 0.2) is 30.3 Å². The van der Waals surface area contributed by atoms with Crippen LogP contribution in [-0.4, -0.2) is 42.7 Å². The van der Waals surface area contributed by atoms with E-state index in [0.717, 1.165) is 6.07 Å². The molecule has 0 heterocycles. The maximum atomic E-state index is 12.9. The van der Waals surface area contributed by atoms with E-state index in [0.29, 0.717) is 0 Å². The second-order valence-corrected chi connectivity index (χ2v) is 5.82. The Balaban J connectivity index is 2.22. The van der Waals surface area contributed by atoms with Crippen LogP contribution in [0, 0.1) is 10.1 Å². The van der Waals surface area contributed by atoms with E-state index in [-0.39, 0.29) is 41.1 Å². The molecule has 0 spiro atoms. The molecule has 3 N–H and O–H groups in total. The number of ketones is 2. The number of anilines is 1. The predicted octanol–water partition coefficient (Wildman–Crippen LogP) is 1.33. The lowest BCUT2D eigenvalue weighted by Crippen LogP contribution is -2.30. The Bertz CT molecular complexity index is 999. The van der Waals surface area contributed by atoms with Crippen molar-refractivity contribution in [3.63, 3.8) is 0 Å². The average molecular weight is 369 g/mol. The van der Waals surface area contributed by atoms with Crippen molar-refractivity contribution >= 4 is 28.8 Å². The third-order valence-corrected chi connectivity index (χ3v) is 4.25. The minimum Gasteiger partial charge on any atom is -0.397 e. The molecule has 27 heavy (non-hydrogen) atoms. The van der Waals surface area contributed by atoms with Gasteiger partial charge in [-0.2, -0.15) is 0 Å². The van der Waals surface area contributed by atoms with Crippen molar-refractivity contribution < 1.29 is 24.0 Å². The lowest BCUT2D eigenvalue weighted by atomic mass is 9.81. The molecule has 1 aliphatic carbocycles. The molecule has 2 aromatic carbocycles. The summed E-state index contributed by atoms with van der Waals surface area (Å²) in [6.45, 7) is 0.374. The van der Waals surface area contributed by atoms with E-state index < -0.39 is 33.6 Å². The predicted molar refractivity (Wildman–Crippen MR) is 95.0 cm³/mol. The molecule has 0 fully saturated rings. The Morgan fingerprint density at radius 3 is 2.33 bits per heavy atom. The molecule has 138 valence electrons. The highest BCUT2D eigenvalue weighted by molar-refractivity contribution is 6.32. The summed E-state index contributed by atoms with van der Waals surface area (Å²) in [5.41, 5.74) is 4.31. The third kappa shape index (κ3) is 2.93. The summed E-state index contributed by atoms with van der Waals surface area (Å²) in [6, 6.07) is 6.91. The number of carbonyl (C=O) groups is 3. The smallest absolute Gasteiger partial charge is 0.282 e. The highest BCUT2D eigenvalue weighted by atomic mass is 16.6. The summed E-state index contributed by atoms with van der Waals surface area (Å²) < 4.78 is 4.83. The van der Waals surface area contributed by atoms with Gasteiger partial charge in [0.25, 0.3) is 11.6 Å². The molecule has 0 radical (unpaired) electrons. The quantitative estimate of drug-likeness (QED) is 0.299. The fourth-order valence-corrected chi connectivity index (χ4v) is 2.99. The normalized spacial score (nSPS) is 12.3. The van der Waals surface area contributed by atoms with Crippen LogP contribution >= 0.6 is 0 Å². The summed E-state index contributed by atoms with van der Waals surface area (Å²) in [4.78, 5) is 48.8. The van der Waals surface area contributed by atoms with Crippen molar-refractivity contribution in [3.05, 3.63) is 68.3 Å². The largest absolute Gasteiger partial charge is 0.397 e. The molecule has 0 unspecified atom stereocenters. The first-order chi connectivity index (χ1) is 12.9. The summed E-state index contributed by atoms with van der Waals surface area (Å²) in [5, 5.41) is 14.0. The highest BCUT2D eigenvalue weighted by Crippen LogP contribution is 2.38. The van der Waals surface area contributed by atoms with Gasteiger partial charge in [0.2, 0.25) is 5.78 Å². The fourth-order valence-electron chi connectivity index (χ4n) is 2.99. The summed E-state index contributed by atoms with van der Waals surface area (Å²) in [6.07, 6.45) is 0. The monoisotopic (exact) mass is 369 g/mol. The zero-order chi connectivity index (χ0) is 19.7. The van der Waals surface area contributed by atoms with Crippen molar-refractivity contribution in [3.8, 4) is 0 Å². The molecule has 2 aromatic rings. The van der Waals surface area contributed by atoms with Gasteiger partial charge < -0.3 is 15.8 Å². The number of nitrogens with zero attached hydrogens (tertiary/aromatic N) is 1. The molecule has 1 aliphatic rings. The summed E-state index contributed by atoms with van der Waals surface area (Å²) in [7, 11) is 1.45. The van der Waals surface area contributed by atoms with E-state index in [1.807, 2.05) is 0 Å². The number of fused-ring (bicyclic) bond motifs is 2. The number of nitro groups is 1. The zero-order valence-corrected chi connectivity index (χ0v) is 14.3.